The van der Waals surface area contributed by atoms with E-state index >= 15 is 0 Å². The zero-order valence-corrected chi connectivity index (χ0v) is 8.70. The molecule has 0 amide bonds. The predicted molar refractivity (Wildman–Crippen MR) is 52.8 cm³/mol. The maximum atomic E-state index is 12.9. The minimum absolute atomic E-state index is 0.502. The Labute approximate surface area is 91.1 Å². The number of hydrogen-bond acceptors (Lipinski definition) is 3. The molecule has 0 N–H and O–H groups in total. The summed E-state index contributed by atoms with van der Waals surface area (Å²) in [5.74, 6) is -0.598. The molecule has 84 valence electrons. The minimum Gasteiger partial charge on any atom is -0.339 e. The Hall–Kier alpha value is -1.78. The molecule has 5 heteroatoms. The molecule has 0 unspecified atom stereocenters. The van der Waals surface area contributed by atoms with E-state index in [4.69, 9.17) is 4.52 Å². The van der Waals surface area contributed by atoms with Crippen LogP contribution in [0.5, 0.6) is 0 Å². The third kappa shape index (κ3) is 2.42. The van der Waals surface area contributed by atoms with E-state index in [9.17, 15) is 8.78 Å². The number of aromatic nitrogens is 2. The monoisotopic (exact) mass is 224 g/mol. The summed E-state index contributed by atoms with van der Waals surface area (Å²) in [7, 11) is 0. The van der Waals surface area contributed by atoms with Crippen LogP contribution in [0.15, 0.2) is 22.7 Å². The smallest absolute Gasteiger partial charge is 0.226 e. The third-order valence-corrected chi connectivity index (χ3v) is 2.18. The molecule has 2 aromatic rings. The fourth-order valence-corrected chi connectivity index (χ4v) is 1.39. The lowest BCUT2D eigenvalue weighted by Gasteiger charge is -1.99. The van der Waals surface area contributed by atoms with Crippen LogP contribution in [0.25, 0.3) is 0 Å². The van der Waals surface area contributed by atoms with Crippen molar-refractivity contribution in [2.75, 3.05) is 0 Å². The first kappa shape index (κ1) is 10.7. The summed E-state index contributed by atoms with van der Waals surface area (Å²) in [4.78, 5) is 4.02. The summed E-state index contributed by atoms with van der Waals surface area (Å²) in [6.45, 7) is 1.73. The van der Waals surface area contributed by atoms with E-state index in [2.05, 4.69) is 10.1 Å². The first-order chi connectivity index (χ1) is 7.65. The maximum absolute atomic E-state index is 12.9. The second-order valence-electron chi connectivity index (χ2n) is 3.48. The Kier molecular flexibility index (Phi) is 2.94. The van der Waals surface area contributed by atoms with Crippen LogP contribution in [0, 0.1) is 18.6 Å². The minimum atomic E-state index is -0.836. The summed E-state index contributed by atoms with van der Waals surface area (Å²) >= 11 is 0. The molecule has 0 aliphatic rings. The molecule has 1 heterocycles. The van der Waals surface area contributed by atoms with Crippen molar-refractivity contribution < 1.29 is 13.3 Å². The number of hydrogen-bond donors (Lipinski definition) is 0. The van der Waals surface area contributed by atoms with Gasteiger partial charge >= 0.3 is 0 Å². The zero-order valence-electron chi connectivity index (χ0n) is 8.70. The molecule has 16 heavy (non-hydrogen) atoms. The highest BCUT2D eigenvalue weighted by atomic mass is 19.2. The highest BCUT2D eigenvalue weighted by Gasteiger charge is 2.05. The second-order valence-corrected chi connectivity index (χ2v) is 3.48. The molecule has 0 aliphatic heterocycles. The van der Waals surface area contributed by atoms with E-state index in [1.807, 2.05) is 0 Å². The number of rotatable bonds is 3. The molecule has 0 spiro atoms. The normalized spacial score (nSPS) is 10.7. The van der Waals surface area contributed by atoms with E-state index in [1.165, 1.54) is 6.07 Å². The Morgan fingerprint density at radius 3 is 2.62 bits per heavy atom. The van der Waals surface area contributed by atoms with Gasteiger partial charge in [-0.1, -0.05) is 11.2 Å². The van der Waals surface area contributed by atoms with E-state index in [0.29, 0.717) is 30.1 Å². The topological polar surface area (TPSA) is 38.9 Å². The van der Waals surface area contributed by atoms with Crippen molar-refractivity contribution in [1.82, 2.24) is 10.1 Å². The Morgan fingerprint density at radius 1 is 1.19 bits per heavy atom. The van der Waals surface area contributed by atoms with Crippen molar-refractivity contribution in [2.24, 2.45) is 0 Å². The SMILES string of the molecule is Cc1noc(CCc2ccc(F)c(F)c2)n1. The second kappa shape index (κ2) is 4.38. The van der Waals surface area contributed by atoms with Crippen LogP contribution < -0.4 is 0 Å². The first-order valence-corrected chi connectivity index (χ1v) is 4.88. The lowest BCUT2D eigenvalue weighted by atomic mass is 10.1. The molecule has 3 nitrogen and oxygen atoms in total. The molecule has 1 aromatic heterocycles. The summed E-state index contributed by atoms with van der Waals surface area (Å²) < 4.78 is 30.4. The molecular formula is C11H10F2N2O. The van der Waals surface area contributed by atoms with Gasteiger partial charge in [0.1, 0.15) is 0 Å². The van der Waals surface area contributed by atoms with Crippen molar-refractivity contribution in [1.29, 1.82) is 0 Å². The van der Waals surface area contributed by atoms with Crippen LogP contribution >= 0.6 is 0 Å². The average Bonchev–Trinajstić information content (AvgIpc) is 2.66. The van der Waals surface area contributed by atoms with Gasteiger partial charge in [-0.05, 0) is 31.0 Å². The van der Waals surface area contributed by atoms with Crippen molar-refractivity contribution >= 4 is 0 Å². The van der Waals surface area contributed by atoms with Crippen LogP contribution in [0.3, 0.4) is 0 Å². The average molecular weight is 224 g/mol. The van der Waals surface area contributed by atoms with Gasteiger partial charge in [0.15, 0.2) is 17.5 Å². The molecule has 2 rings (SSSR count). The van der Waals surface area contributed by atoms with E-state index in [0.717, 1.165) is 6.07 Å². The van der Waals surface area contributed by atoms with E-state index in [1.54, 1.807) is 13.0 Å². The Balaban J connectivity index is 2.02. The lowest BCUT2D eigenvalue weighted by Crippen LogP contribution is -1.94. The van der Waals surface area contributed by atoms with Gasteiger partial charge in [-0.15, -0.1) is 0 Å². The molecule has 0 saturated heterocycles. The van der Waals surface area contributed by atoms with Crippen LogP contribution in [-0.4, -0.2) is 10.1 Å². The van der Waals surface area contributed by atoms with Gasteiger partial charge in [0.05, 0.1) is 0 Å². The molecule has 0 fully saturated rings. The van der Waals surface area contributed by atoms with Crippen molar-refractivity contribution in [2.45, 2.75) is 19.8 Å². The fourth-order valence-electron chi connectivity index (χ4n) is 1.39. The van der Waals surface area contributed by atoms with Crippen LogP contribution in [0.2, 0.25) is 0 Å². The zero-order chi connectivity index (χ0) is 11.5. The van der Waals surface area contributed by atoms with Gasteiger partial charge in [-0.2, -0.15) is 4.98 Å². The summed E-state index contributed by atoms with van der Waals surface area (Å²) in [5, 5.41) is 3.64. The largest absolute Gasteiger partial charge is 0.339 e. The van der Waals surface area contributed by atoms with Crippen molar-refractivity contribution in [3.05, 3.63) is 47.1 Å². The summed E-state index contributed by atoms with van der Waals surface area (Å²) in [5.41, 5.74) is 0.703. The molecule has 1 aromatic carbocycles. The number of halogens is 2. The van der Waals surface area contributed by atoms with Gasteiger partial charge in [0, 0.05) is 6.42 Å². The number of aryl methyl sites for hydroxylation is 3. The van der Waals surface area contributed by atoms with Gasteiger partial charge in [0.2, 0.25) is 5.89 Å². The third-order valence-electron chi connectivity index (χ3n) is 2.18. The Bertz CT molecular complexity index is 496. The molecule has 0 atom stereocenters. The molecule has 0 saturated carbocycles. The lowest BCUT2D eigenvalue weighted by molar-refractivity contribution is 0.374. The van der Waals surface area contributed by atoms with Gasteiger partial charge in [-0.25, -0.2) is 8.78 Å². The molecular weight excluding hydrogens is 214 g/mol. The molecule has 0 radical (unpaired) electrons. The Morgan fingerprint density at radius 2 is 2.00 bits per heavy atom. The summed E-state index contributed by atoms with van der Waals surface area (Å²) in [6.07, 6.45) is 1.06. The van der Waals surface area contributed by atoms with Gasteiger partial charge in [-0.3, -0.25) is 0 Å². The van der Waals surface area contributed by atoms with E-state index in [-0.39, 0.29) is 0 Å². The highest BCUT2D eigenvalue weighted by molar-refractivity contribution is 5.18. The maximum Gasteiger partial charge on any atom is 0.226 e. The van der Waals surface area contributed by atoms with Crippen molar-refractivity contribution in [3.63, 3.8) is 0 Å². The number of benzene rings is 1. The van der Waals surface area contributed by atoms with E-state index < -0.39 is 11.6 Å². The summed E-state index contributed by atoms with van der Waals surface area (Å²) in [6, 6.07) is 3.84. The van der Waals surface area contributed by atoms with Crippen LogP contribution in [0.1, 0.15) is 17.3 Å². The van der Waals surface area contributed by atoms with Crippen molar-refractivity contribution in [3.8, 4) is 0 Å². The van der Waals surface area contributed by atoms with Crippen LogP contribution in [-0.2, 0) is 12.8 Å². The predicted octanol–water partition coefficient (Wildman–Crippen LogP) is 2.44. The van der Waals surface area contributed by atoms with Crippen LogP contribution in [0.4, 0.5) is 8.78 Å². The van der Waals surface area contributed by atoms with Gasteiger partial charge < -0.3 is 4.52 Å². The number of nitrogens with zero attached hydrogens (tertiary/aromatic N) is 2. The molecule has 0 bridgehead atoms. The standard InChI is InChI=1S/C11H10F2N2O/c1-7-14-11(16-15-7)5-3-8-2-4-9(12)10(13)6-8/h2,4,6H,3,5H2,1H3. The quantitative estimate of drug-likeness (QED) is 0.803. The molecule has 0 aliphatic carbocycles. The fraction of sp³-hybridized carbons (Fsp3) is 0.273. The first-order valence-electron chi connectivity index (χ1n) is 4.88. The van der Waals surface area contributed by atoms with Gasteiger partial charge in [0.25, 0.3) is 0 Å². The highest BCUT2D eigenvalue weighted by Crippen LogP contribution is 2.11.